The van der Waals surface area contributed by atoms with Gasteiger partial charge in [0.05, 0.1) is 0 Å². The summed E-state index contributed by atoms with van der Waals surface area (Å²) in [5, 5.41) is 0. The molecule has 0 unspecified atom stereocenters. The first-order valence-electron chi connectivity index (χ1n) is 3.19. The molecule has 2 heteroatoms. The normalized spacial score (nSPS) is 9.90. The molecule has 10 heavy (non-hydrogen) atoms. The molecule has 0 radical (unpaired) electrons. The standard InChI is InChI=1S/C8H10IN/c1-6-2-3-8(9)4-7(6)5-10/h2-4H,5,10H2,1H3. The van der Waals surface area contributed by atoms with E-state index in [-0.39, 0.29) is 0 Å². The van der Waals surface area contributed by atoms with Crippen LogP contribution in [0.1, 0.15) is 11.1 Å². The van der Waals surface area contributed by atoms with Gasteiger partial charge in [0, 0.05) is 10.1 Å². The van der Waals surface area contributed by atoms with E-state index in [0.29, 0.717) is 6.54 Å². The minimum Gasteiger partial charge on any atom is -0.326 e. The van der Waals surface area contributed by atoms with Gasteiger partial charge in [-0.25, -0.2) is 0 Å². The summed E-state index contributed by atoms with van der Waals surface area (Å²) >= 11 is 2.29. The van der Waals surface area contributed by atoms with Crippen molar-refractivity contribution < 1.29 is 0 Å². The summed E-state index contributed by atoms with van der Waals surface area (Å²) in [4.78, 5) is 0. The number of nitrogens with two attached hydrogens (primary N) is 1. The van der Waals surface area contributed by atoms with Gasteiger partial charge in [0.15, 0.2) is 0 Å². The average molecular weight is 247 g/mol. The topological polar surface area (TPSA) is 26.0 Å². The van der Waals surface area contributed by atoms with E-state index in [2.05, 4.69) is 47.7 Å². The largest absolute Gasteiger partial charge is 0.326 e. The van der Waals surface area contributed by atoms with Crippen LogP contribution >= 0.6 is 22.6 Å². The fourth-order valence-electron chi connectivity index (χ4n) is 0.860. The van der Waals surface area contributed by atoms with E-state index >= 15 is 0 Å². The molecule has 0 fully saturated rings. The summed E-state index contributed by atoms with van der Waals surface area (Å²) in [7, 11) is 0. The Hall–Kier alpha value is -0.0900. The zero-order valence-corrected chi connectivity index (χ0v) is 8.05. The van der Waals surface area contributed by atoms with Crippen molar-refractivity contribution in [1.29, 1.82) is 0 Å². The zero-order valence-electron chi connectivity index (χ0n) is 5.89. The maximum absolute atomic E-state index is 5.52. The molecular formula is C8H10IN. The highest BCUT2D eigenvalue weighted by Gasteiger charge is 1.94. The van der Waals surface area contributed by atoms with Crippen molar-refractivity contribution in [3.05, 3.63) is 32.9 Å². The number of halogens is 1. The summed E-state index contributed by atoms with van der Waals surface area (Å²) in [5.74, 6) is 0. The lowest BCUT2D eigenvalue weighted by molar-refractivity contribution is 1.05. The van der Waals surface area contributed by atoms with Crippen LogP contribution in [0.4, 0.5) is 0 Å². The van der Waals surface area contributed by atoms with Crippen LogP contribution in [0.25, 0.3) is 0 Å². The molecule has 0 aliphatic heterocycles. The monoisotopic (exact) mass is 247 g/mol. The van der Waals surface area contributed by atoms with Crippen molar-refractivity contribution >= 4 is 22.6 Å². The van der Waals surface area contributed by atoms with Crippen LogP contribution in [0.3, 0.4) is 0 Å². The van der Waals surface area contributed by atoms with Gasteiger partial charge in [0.2, 0.25) is 0 Å². The highest BCUT2D eigenvalue weighted by molar-refractivity contribution is 14.1. The molecule has 0 aromatic heterocycles. The maximum atomic E-state index is 5.52. The molecule has 0 aliphatic carbocycles. The lowest BCUT2D eigenvalue weighted by Crippen LogP contribution is -1.98. The second-order valence-electron chi connectivity index (χ2n) is 2.27. The van der Waals surface area contributed by atoms with E-state index in [0.717, 1.165) is 0 Å². The molecule has 0 saturated heterocycles. The second kappa shape index (κ2) is 3.34. The van der Waals surface area contributed by atoms with Gasteiger partial charge in [-0.05, 0) is 52.8 Å². The van der Waals surface area contributed by atoms with Crippen molar-refractivity contribution in [2.24, 2.45) is 5.73 Å². The highest BCUT2D eigenvalue weighted by atomic mass is 127. The third-order valence-corrected chi connectivity index (χ3v) is 2.20. The Morgan fingerprint density at radius 1 is 1.50 bits per heavy atom. The van der Waals surface area contributed by atoms with Gasteiger partial charge < -0.3 is 5.73 Å². The Balaban J connectivity index is 3.09. The van der Waals surface area contributed by atoms with Crippen LogP contribution in [0.15, 0.2) is 18.2 Å². The molecule has 0 spiro atoms. The third kappa shape index (κ3) is 1.70. The quantitative estimate of drug-likeness (QED) is 0.755. The smallest absolute Gasteiger partial charge is 0.0181 e. The molecule has 1 aromatic carbocycles. The highest BCUT2D eigenvalue weighted by Crippen LogP contribution is 2.11. The molecular weight excluding hydrogens is 237 g/mol. The summed E-state index contributed by atoms with van der Waals surface area (Å²) in [6.07, 6.45) is 0. The molecule has 0 saturated carbocycles. The summed E-state index contributed by atoms with van der Waals surface area (Å²) in [6, 6.07) is 6.31. The van der Waals surface area contributed by atoms with Crippen LogP contribution in [-0.2, 0) is 6.54 Å². The first-order chi connectivity index (χ1) is 4.74. The van der Waals surface area contributed by atoms with Gasteiger partial charge in [-0.2, -0.15) is 0 Å². The summed E-state index contributed by atoms with van der Waals surface area (Å²) in [6.45, 7) is 2.72. The average Bonchev–Trinajstić information content (AvgIpc) is 1.94. The number of aryl methyl sites for hydroxylation is 1. The zero-order chi connectivity index (χ0) is 7.56. The molecule has 1 aromatic rings. The molecule has 2 N–H and O–H groups in total. The van der Waals surface area contributed by atoms with Crippen molar-refractivity contribution in [2.75, 3.05) is 0 Å². The predicted molar refractivity (Wildman–Crippen MR) is 51.8 cm³/mol. The molecule has 0 atom stereocenters. The van der Waals surface area contributed by atoms with E-state index in [1.807, 2.05) is 0 Å². The summed E-state index contributed by atoms with van der Waals surface area (Å²) in [5.41, 5.74) is 8.04. The number of hydrogen-bond acceptors (Lipinski definition) is 1. The van der Waals surface area contributed by atoms with Crippen molar-refractivity contribution in [1.82, 2.24) is 0 Å². The molecule has 54 valence electrons. The minimum atomic E-state index is 0.642. The molecule has 0 bridgehead atoms. The van der Waals surface area contributed by atoms with Crippen LogP contribution in [-0.4, -0.2) is 0 Å². The van der Waals surface area contributed by atoms with Gasteiger partial charge in [-0.3, -0.25) is 0 Å². The molecule has 0 aliphatic rings. The van der Waals surface area contributed by atoms with E-state index in [1.165, 1.54) is 14.7 Å². The number of rotatable bonds is 1. The fourth-order valence-corrected chi connectivity index (χ4v) is 1.42. The van der Waals surface area contributed by atoms with Gasteiger partial charge >= 0.3 is 0 Å². The van der Waals surface area contributed by atoms with E-state index in [9.17, 15) is 0 Å². The van der Waals surface area contributed by atoms with Gasteiger partial charge in [0.25, 0.3) is 0 Å². The Bertz CT molecular complexity index is 233. The van der Waals surface area contributed by atoms with Crippen LogP contribution in [0.2, 0.25) is 0 Å². The van der Waals surface area contributed by atoms with E-state index < -0.39 is 0 Å². The number of benzene rings is 1. The maximum Gasteiger partial charge on any atom is 0.0181 e. The minimum absolute atomic E-state index is 0.642. The Morgan fingerprint density at radius 3 is 2.70 bits per heavy atom. The van der Waals surface area contributed by atoms with Crippen molar-refractivity contribution in [2.45, 2.75) is 13.5 Å². The van der Waals surface area contributed by atoms with Crippen LogP contribution in [0, 0.1) is 10.5 Å². The van der Waals surface area contributed by atoms with E-state index in [4.69, 9.17) is 5.73 Å². The molecule has 1 nitrogen and oxygen atoms in total. The second-order valence-corrected chi connectivity index (χ2v) is 3.52. The Labute approximate surface area is 74.8 Å². The SMILES string of the molecule is Cc1ccc(I)cc1CN. The lowest BCUT2D eigenvalue weighted by Gasteiger charge is -2.01. The van der Waals surface area contributed by atoms with E-state index in [1.54, 1.807) is 0 Å². The molecule has 0 heterocycles. The number of hydrogen-bond donors (Lipinski definition) is 1. The van der Waals surface area contributed by atoms with Crippen LogP contribution < -0.4 is 5.73 Å². The Morgan fingerprint density at radius 2 is 2.20 bits per heavy atom. The Kier molecular flexibility index (Phi) is 2.68. The first-order valence-corrected chi connectivity index (χ1v) is 4.27. The lowest BCUT2D eigenvalue weighted by atomic mass is 10.1. The predicted octanol–water partition coefficient (Wildman–Crippen LogP) is 2.06. The van der Waals surface area contributed by atoms with Gasteiger partial charge in [-0.15, -0.1) is 0 Å². The van der Waals surface area contributed by atoms with Gasteiger partial charge in [0.1, 0.15) is 0 Å². The molecule has 0 amide bonds. The van der Waals surface area contributed by atoms with Crippen molar-refractivity contribution in [3.63, 3.8) is 0 Å². The fraction of sp³-hybridized carbons (Fsp3) is 0.250. The summed E-state index contributed by atoms with van der Waals surface area (Å²) < 4.78 is 1.25. The third-order valence-electron chi connectivity index (χ3n) is 1.53. The van der Waals surface area contributed by atoms with Crippen molar-refractivity contribution in [3.8, 4) is 0 Å². The van der Waals surface area contributed by atoms with Gasteiger partial charge in [-0.1, -0.05) is 6.07 Å². The first kappa shape index (κ1) is 8.01. The molecule has 1 rings (SSSR count). The van der Waals surface area contributed by atoms with Crippen LogP contribution in [0.5, 0.6) is 0 Å².